The second kappa shape index (κ2) is 14.4. The first-order chi connectivity index (χ1) is 35.2. The summed E-state index contributed by atoms with van der Waals surface area (Å²) in [7, 11) is 0. The van der Waals surface area contributed by atoms with Gasteiger partial charge in [-0.15, -0.1) is 0 Å². The molecule has 1 aliphatic heterocycles. The molecule has 16 rings (SSSR count). The van der Waals surface area contributed by atoms with Gasteiger partial charge in [0.15, 0.2) is 5.82 Å². The van der Waals surface area contributed by atoms with E-state index >= 15 is 0 Å². The van der Waals surface area contributed by atoms with E-state index in [-0.39, 0.29) is 0 Å². The summed E-state index contributed by atoms with van der Waals surface area (Å²) in [6.45, 7) is 0. The lowest BCUT2D eigenvalue weighted by Crippen LogP contribution is -2.32. The molecule has 12 aromatic rings. The van der Waals surface area contributed by atoms with Crippen LogP contribution in [-0.2, 0) is 10.8 Å². The number of hydrogen-bond donors (Lipinski definition) is 0. The summed E-state index contributed by atoms with van der Waals surface area (Å²) >= 11 is 1.85. The Hall–Kier alpha value is -8.77. The molecule has 0 atom stereocenters. The number of aromatic nitrogens is 2. The molecule has 5 heteroatoms. The van der Waals surface area contributed by atoms with E-state index in [9.17, 15) is 0 Å². The van der Waals surface area contributed by atoms with Crippen LogP contribution in [0.3, 0.4) is 0 Å². The quantitative estimate of drug-likeness (QED) is 0.176. The van der Waals surface area contributed by atoms with Gasteiger partial charge >= 0.3 is 0 Å². The molecule has 3 aliphatic carbocycles. The lowest BCUT2D eigenvalue weighted by Gasteiger charge is -2.39. The zero-order chi connectivity index (χ0) is 46.4. The van der Waals surface area contributed by atoms with Crippen LogP contribution < -0.4 is 4.90 Å². The molecule has 0 saturated carbocycles. The predicted octanol–water partition coefficient (Wildman–Crippen LogP) is 16.7. The summed E-state index contributed by atoms with van der Waals surface area (Å²) in [5.74, 6) is 0.671. The van der Waals surface area contributed by atoms with Crippen molar-refractivity contribution in [1.82, 2.24) is 9.97 Å². The fourth-order valence-corrected chi connectivity index (χ4v) is 14.3. The zero-order valence-electron chi connectivity index (χ0n) is 38.2. The molecule has 330 valence electrons. The molecule has 3 heterocycles. The van der Waals surface area contributed by atoms with E-state index in [2.05, 4.69) is 223 Å². The SMILES string of the molecule is c1ccc2c(c1)Sc1ccc(-c3ncc(N(c4ccc5c(c4)C4(c6ccccc6-c6ccccc64)c4ccccc4-5)c4cccc5oc6ccccc6c45)cn3)cc1C21c2ccccc2-c2ccccc21. The minimum absolute atomic E-state index is 0.492. The third-order valence-corrected chi connectivity index (χ3v) is 17.0. The molecule has 71 heavy (non-hydrogen) atoms. The van der Waals surface area contributed by atoms with E-state index in [0.29, 0.717) is 5.82 Å². The molecule has 0 unspecified atom stereocenters. The third-order valence-electron chi connectivity index (χ3n) is 15.9. The third kappa shape index (κ3) is 5.05. The number of para-hydroxylation sites is 1. The van der Waals surface area contributed by atoms with Crippen molar-refractivity contribution in [3.8, 4) is 44.8 Å². The Morgan fingerprint density at radius 1 is 0.366 bits per heavy atom. The molecule has 0 fully saturated rings. The molecule has 0 N–H and O–H groups in total. The van der Waals surface area contributed by atoms with Gasteiger partial charge in [-0.25, -0.2) is 9.97 Å². The molecule has 10 aromatic carbocycles. The van der Waals surface area contributed by atoms with Crippen LogP contribution in [0.25, 0.3) is 66.7 Å². The summed E-state index contributed by atoms with van der Waals surface area (Å²) in [4.78, 5) is 15.5. The molecule has 2 aromatic heterocycles. The maximum absolute atomic E-state index is 6.55. The molecule has 0 radical (unpaired) electrons. The Kier molecular flexibility index (Phi) is 7.93. The average Bonchev–Trinajstić information content (AvgIpc) is 4.15. The number of anilines is 3. The number of hydrogen-bond acceptors (Lipinski definition) is 5. The molecule has 0 saturated heterocycles. The molecular weight excluding hydrogens is 883 g/mol. The maximum atomic E-state index is 6.55. The Labute approximate surface area is 414 Å². The molecular formula is C66H39N3OS. The number of nitrogens with zero attached hydrogens (tertiary/aromatic N) is 3. The van der Waals surface area contributed by atoms with Crippen LogP contribution in [0.4, 0.5) is 17.1 Å². The van der Waals surface area contributed by atoms with E-state index in [0.717, 1.165) is 44.6 Å². The summed E-state index contributed by atoms with van der Waals surface area (Å²) < 4.78 is 6.55. The van der Waals surface area contributed by atoms with Crippen molar-refractivity contribution in [2.75, 3.05) is 4.90 Å². The first-order valence-electron chi connectivity index (χ1n) is 24.3. The van der Waals surface area contributed by atoms with Gasteiger partial charge in [-0.05, 0) is 126 Å². The number of benzene rings is 10. The number of rotatable bonds is 4. The fraction of sp³-hybridized carbons (Fsp3) is 0.0303. The lowest BCUT2D eigenvalue weighted by atomic mass is 9.67. The Balaban J connectivity index is 0.896. The highest BCUT2D eigenvalue weighted by atomic mass is 32.2. The topological polar surface area (TPSA) is 42.2 Å². The maximum Gasteiger partial charge on any atom is 0.159 e. The Morgan fingerprint density at radius 3 is 1.48 bits per heavy atom. The van der Waals surface area contributed by atoms with E-state index in [1.54, 1.807) is 0 Å². The van der Waals surface area contributed by atoms with Crippen molar-refractivity contribution in [3.63, 3.8) is 0 Å². The van der Waals surface area contributed by atoms with Crippen molar-refractivity contribution in [1.29, 1.82) is 0 Å². The van der Waals surface area contributed by atoms with Gasteiger partial charge in [-0.1, -0.05) is 188 Å². The molecule has 2 spiro atoms. The highest BCUT2D eigenvalue weighted by Gasteiger charge is 2.52. The fourth-order valence-electron chi connectivity index (χ4n) is 13.2. The van der Waals surface area contributed by atoms with E-state index in [1.165, 1.54) is 87.7 Å². The van der Waals surface area contributed by atoms with Crippen molar-refractivity contribution >= 4 is 50.8 Å². The summed E-state index contributed by atoms with van der Waals surface area (Å²) in [5, 5.41) is 2.10. The van der Waals surface area contributed by atoms with Crippen molar-refractivity contribution in [2.45, 2.75) is 20.6 Å². The first-order valence-corrected chi connectivity index (χ1v) is 25.1. The van der Waals surface area contributed by atoms with Crippen LogP contribution in [-0.4, -0.2) is 9.97 Å². The molecule has 4 aliphatic rings. The number of fused-ring (bicyclic) bond motifs is 22. The highest BCUT2D eigenvalue weighted by Crippen LogP contribution is 2.65. The van der Waals surface area contributed by atoms with E-state index < -0.39 is 10.8 Å². The van der Waals surface area contributed by atoms with Crippen molar-refractivity contribution in [2.24, 2.45) is 0 Å². The van der Waals surface area contributed by atoms with Gasteiger partial charge in [0.2, 0.25) is 0 Å². The van der Waals surface area contributed by atoms with Gasteiger partial charge in [0, 0.05) is 26.4 Å². The van der Waals surface area contributed by atoms with Crippen LogP contribution in [0, 0.1) is 0 Å². The van der Waals surface area contributed by atoms with Crippen molar-refractivity contribution in [3.05, 3.63) is 281 Å². The standard InChI is InChI=1S/C66H39N3OS/c1-7-22-50-43(16-1)44-17-2-8-23-51(44)65(50)52-24-9-5-20-47(52)48-34-33-41(37-56(48)65)69(58-28-15-30-60-63(58)49-21-6-13-29-59(49)70-60)42-38-67-64(68-39-42)40-32-35-62-57(36-40)66(55-27-12-14-31-61(55)71-62)53-25-10-3-18-45(53)46-19-4-11-26-54(46)66/h1-39H. The van der Waals surface area contributed by atoms with Gasteiger partial charge < -0.3 is 9.32 Å². The largest absolute Gasteiger partial charge is 0.456 e. The summed E-state index contributed by atoms with van der Waals surface area (Å²) in [5.41, 5.74) is 22.5. The Bertz CT molecular complexity index is 4140. The van der Waals surface area contributed by atoms with Crippen LogP contribution in [0.2, 0.25) is 0 Å². The monoisotopic (exact) mass is 921 g/mol. The molecule has 0 bridgehead atoms. The molecule has 4 nitrogen and oxygen atoms in total. The Morgan fingerprint density at radius 2 is 0.859 bits per heavy atom. The smallest absolute Gasteiger partial charge is 0.159 e. The van der Waals surface area contributed by atoms with E-state index in [1.807, 2.05) is 30.2 Å². The van der Waals surface area contributed by atoms with Crippen LogP contribution >= 0.6 is 11.8 Å². The van der Waals surface area contributed by atoms with Gasteiger partial charge in [-0.3, -0.25) is 0 Å². The highest BCUT2D eigenvalue weighted by molar-refractivity contribution is 7.99. The van der Waals surface area contributed by atoms with Gasteiger partial charge in [0.05, 0.1) is 40.0 Å². The van der Waals surface area contributed by atoms with E-state index in [4.69, 9.17) is 14.4 Å². The van der Waals surface area contributed by atoms with Crippen LogP contribution in [0.5, 0.6) is 0 Å². The summed E-state index contributed by atoms with van der Waals surface area (Å²) in [6.07, 6.45) is 4.00. The predicted molar refractivity (Wildman–Crippen MR) is 287 cm³/mol. The van der Waals surface area contributed by atoms with Crippen LogP contribution in [0.1, 0.15) is 44.5 Å². The lowest BCUT2D eigenvalue weighted by molar-refractivity contribution is 0.669. The van der Waals surface area contributed by atoms with Crippen LogP contribution in [0.15, 0.2) is 251 Å². The first kappa shape index (κ1) is 39.1. The minimum Gasteiger partial charge on any atom is -0.456 e. The summed E-state index contributed by atoms with van der Waals surface area (Å²) in [6, 6.07) is 82.4. The average molecular weight is 922 g/mol. The van der Waals surface area contributed by atoms with Crippen molar-refractivity contribution < 1.29 is 4.42 Å². The van der Waals surface area contributed by atoms with Gasteiger partial charge in [0.1, 0.15) is 11.2 Å². The van der Waals surface area contributed by atoms with Gasteiger partial charge in [-0.2, -0.15) is 0 Å². The second-order valence-corrected chi connectivity index (χ2v) is 20.2. The zero-order valence-corrected chi connectivity index (χ0v) is 39.0. The molecule has 0 amide bonds. The second-order valence-electron chi connectivity index (χ2n) is 19.1. The van der Waals surface area contributed by atoms with Gasteiger partial charge in [0.25, 0.3) is 0 Å². The number of furan rings is 1. The minimum atomic E-state index is -0.502. The normalized spacial score (nSPS) is 14.4.